The average Bonchev–Trinajstić information content (AvgIpc) is 2.47. The summed E-state index contributed by atoms with van der Waals surface area (Å²) in [7, 11) is 0. The van der Waals surface area contributed by atoms with Crippen LogP contribution in [0, 0.1) is 6.57 Å². The number of aromatic amines is 1. The molecule has 0 saturated carbocycles. The van der Waals surface area contributed by atoms with Gasteiger partial charge in [0, 0.05) is 17.8 Å². The predicted octanol–water partition coefficient (Wildman–Crippen LogP) is 1.70. The van der Waals surface area contributed by atoms with E-state index in [2.05, 4.69) is 14.8 Å². The zero-order chi connectivity index (χ0) is 8.55. The van der Waals surface area contributed by atoms with Crippen molar-refractivity contribution in [1.29, 1.82) is 0 Å². The molecule has 2 aromatic heterocycles. The normalized spacial score (nSPS) is 9.92. The second-order valence-corrected chi connectivity index (χ2v) is 2.45. The fourth-order valence-corrected chi connectivity index (χ4v) is 1.07. The van der Waals surface area contributed by atoms with Gasteiger partial charge in [-0.1, -0.05) is 0 Å². The highest BCUT2D eigenvalue weighted by molar-refractivity contribution is 5.90. The van der Waals surface area contributed by atoms with Crippen LogP contribution in [-0.2, 0) is 0 Å². The van der Waals surface area contributed by atoms with Crippen LogP contribution in [0.3, 0.4) is 0 Å². The molecule has 12 heavy (non-hydrogen) atoms. The summed E-state index contributed by atoms with van der Waals surface area (Å²) in [6, 6.07) is 1.72. The molecule has 58 valence electrons. The molecular weight excluding hydrogens is 152 g/mol. The third kappa shape index (κ3) is 0.805. The number of hydrogen-bond donors (Lipinski definition) is 2. The Morgan fingerprint density at radius 3 is 3.17 bits per heavy atom. The summed E-state index contributed by atoms with van der Waals surface area (Å²) in [5, 5.41) is 0.809. The molecule has 0 aromatic carbocycles. The lowest BCUT2D eigenvalue weighted by atomic mass is 10.3. The standard InChI is InChI=1S/C8H6N4/c1-10-5-2-6-7(9)4-12-8(6)11-3-5/h2-4H,9H2,(H,11,12). The molecule has 3 N–H and O–H groups in total. The van der Waals surface area contributed by atoms with Crippen LogP contribution in [0.2, 0.25) is 0 Å². The van der Waals surface area contributed by atoms with Crippen LogP contribution in [0.15, 0.2) is 18.5 Å². The molecule has 0 aliphatic carbocycles. The van der Waals surface area contributed by atoms with Gasteiger partial charge in [-0.3, -0.25) is 4.98 Å². The Morgan fingerprint density at radius 2 is 2.42 bits per heavy atom. The Bertz CT molecular complexity index is 463. The van der Waals surface area contributed by atoms with Gasteiger partial charge in [-0.2, -0.15) is 0 Å². The molecule has 0 fully saturated rings. The quantitative estimate of drug-likeness (QED) is 0.573. The van der Waals surface area contributed by atoms with Gasteiger partial charge in [0.1, 0.15) is 5.65 Å². The van der Waals surface area contributed by atoms with Crippen LogP contribution in [-0.4, -0.2) is 9.97 Å². The van der Waals surface area contributed by atoms with Gasteiger partial charge in [-0.15, -0.1) is 0 Å². The minimum Gasteiger partial charge on any atom is -0.397 e. The minimum absolute atomic E-state index is 0.508. The number of fused-ring (bicyclic) bond motifs is 1. The van der Waals surface area contributed by atoms with Gasteiger partial charge >= 0.3 is 0 Å². The minimum atomic E-state index is 0.508. The molecule has 0 spiro atoms. The average molecular weight is 158 g/mol. The Morgan fingerprint density at radius 1 is 1.58 bits per heavy atom. The first-order valence-corrected chi connectivity index (χ1v) is 3.41. The van der Waals surface area contributed by atoms with Gasteiger partial charge < -0.3 is 10.7 Å². The van der Waals surface area contributed by atoms with Crippen LogP contribution >= 0.6 is 0 Å². The maximum atomic E-state index is 6.78. The highest BCUT2D eigenvalue weighted by Crippen LogP contribution is 2.22. The molecule has 0 aliphatic rings. The van der Waals surface area contributed by atoms with Gasteiger partial charge in [0.2, 0.25) is 5.69 Å². The number of nitrogens with one attached hydrogen (secondary N) is 1. The Kier molecular flexibility index (Phi) is 1.25. The molecule has 2 rings (SSSR count). The van der Waals surface area contributed by atoms with Crippen LogP contribution in [0.5, 0.6) is 0 Å². The maximum absolute atomic E-state index is 6.78. The number of H-pyrrole nitrogens is 1. The van der Waals surface area contributed by atoms with E-state index in [1.54, 1.807) is 12.3 Å². The smallest absolute Gasteiger partial charge is 0.205 e. The number of pyridine rings is 1. The first kappa shape index (κ1) is 6.68. The molecule has 0 saturated heterocycles. The molecule has 0 aliphatic heterocycles. The van der Waals surface area contributed by atoms with E-state index in [1.165, 1.54) is 6.20 Å². The van der Waals surface area contributed by atoms with Crippen molar-refractivity contribution in [2.45, 2.75) is 0 Å². The van der Waals surface area contributed by atoms with Crippen LogP contribution in [0.4, 0.5) is 11.4 Å². The number of nitrogen functional groups attached to an aromatic ring is 1. The van der Waals surface area contributed by atoms with Crippen molar-refractivity contribution >= 4 is 22.4 Å². The molecular formula is C8H6N4. The molecule has 2 aromatic rings. The summed E-state index contributed by atoms with van der Waals surface area (Å²) in [5.74, 6) is 0. The number of nitrogens with two attached hydrogens (primary N) is 1. The van der Waals surface area contributed by atoms with Crippen molar-refractivity contribution in [3.05, 3.63) is 29.9 Å². The Balaban J connectivity index is 2.82. The Hall–Kier alpha value is -2.02. The van der Waals surface area contributed by atoms with Crippen molar-refractivity contribution in [2.75, 3.05) is 5.73 Å². The lowest BCUT2D eigenvalue weighted by molar-refractivity contribution is 1.33. The first-order chi connectivity index (χ1) is 5.81. The summed E-state index contributed by atoms with van der Waals surface area (Å²) in [5.41, 5.74) is 7.48. The van der Waals surface area contributed by atoms with Gasteiger partial charge in [-0.25, -0.2) is 4.85 Å². The van der Waals surface area contributed by atoms with E-state index in [9.17, 15) is 0 Å². The summed E-state index contributed by atoms with van der Waals surface area (Å²) >= 11 is 0. The third-order valence-corrected chi connectivity index (χ3v) is 1.68. The molecule has 0 unspecified atom stereocenters. The SMILES string of the molecule is [C-]#[N+]c1cnc2[nH]cc(N)c2c1. The summed E-state index contributed by atoms with van der Waals surface area (Å²) in [6.07, 6.45) is 3.19. The molecule has 2 heterocycles. The monoisotopic (exact) mass is 158 g/mol. The van der Waals surface area contributed by atoms with Gasteiger partial charge in [0.05, 0.1) is 12.3 Å². The number of anilines is 1. The van der Waals surface area contributed by atoms with Crippen molar-refractivity contribution in [3.8, 4) is 0 Å². The second-order valence-electron chi connectivity index (χ2n) is 2.45. The largest absolute Gasteiger partial charge is 0.397 e. The van der Waals surface area contributed by atoms with Gasteiger partial charge in [0.15, 0.2) is 0 Å². The molecule has 0 atom stereocenters. The lowest BCUT2D eigenvalue weighted by Crippen LogP contribution is -1.80. The number of nitrogens with zero attached hydrogens (tertiary/aromatic N) is 2. The third-order valence-electron chi connectivity index (χ3n) is 1.68. The molecule has 4 nitrogen and oxygen atoms in total. The van der Waals surface area contributed by atoms with Crippen molar-refractivity contribution in [1.82, 2.24) is 9.97 Å². The lowest BCUT2D eigenvalue weighted by Gasteiger charge is -1.90. The van der Waals surface area contributed by atoms with E-state index in [1.807, 2.05) is 0 Å². The number of rotatable bonds is 0. The zero-order valence-corrected chi connectivity index (χ0v) is 6.20. The molecule has 4 heteroatoms. The van der Waals surface area contributed by atoms with Crippen molar-refractivity contribution in [2.24, 2.45) is 0 Å². The van der Waals surface area contributed by atoms with E-state index in [4.69, 9.17) is 12.3 Å². The van der Waals surface area contributed by atoms with Gasteiger partial charge in [-0.05, 0) is 6.07 Å². The van der Waals surface area contributed by atoms with Gasteiger partial charge in [0.25, 0.3) is 0 Å². The zero-order valence-electron chi connectivity index (χ0n) is 6.20. The number of aromatic nitrogens is 2. The number of hydrogen-bond acceptors (Lipinski definition) is 2. The summed E-state index contributed by atoms with van der Waals surface area (Å²) < 4.78 is 0. The fraction of sp³-hybridized carbons (Fsp3) is 0. The molecule has 0 bridgehead atoms. The van der Waals surface area contributed by atoms with E-state index in [0.29, 0.717) is 11.4 Å². The van der Waals surface area contributed by atoms with E-state index in [0.717, 1.165) is 11.0 Å². The molecule has 0 radical (unpaired) electrons. The maximum Gasteiger partial charge on any atom is 0.205 e. The van der Waals surface area contributed by atoms with Crippen molar-refractivity contribution in [3.63, 3.8) is 0 Å². The van der Waals surface area contributed by atoms with E-state index in [-0.39, 0.29) is 0 Å². The highest BCUT2D eigenvalue weighted by Gasteiger charge is 2.01. The first-order valence-electron chi connectivity index (χ1n) is 3.41. The fourth-order valence-electron chi connectivity index (χ4n) is 1.07. The molecule has 0 amide bonds. The second kappa shape index (κ2) is 2.24. The van der Waals surface area contributed by atoms with Crippen LogP contribution in [0.1, 0.15) is 0 Å². The van der Waals surface area contributed by atoms with Crippen molar-refractivity contribution < 1.29 is 0 Å². The summed E-state index contributed by atoms with van der Waals surface area (Å²) in [6.45, 7) is 6.78. The topological polar surface area (TPSA) is 59.1 Å². The van der Waals surface area contributed by atoms with E-state index < -0.39 is 0 Å². The Labute approximate surface area is 68.8 Å². The summed E-state index contributed by atoms with van der Waals surface area (Å²) in [4.78, 5) is 10.2. The predicted molar refractivity (Wildman–Crippen MR) is 46.8 cm³/mol. The van der Waals surface area contributed by atoms with E-state index >= 15 is 0 Å². The van der Waals surface area contributed by atoms with Crippen LogP contribution in [0.25, 0.3) is 15.9 Å². The van der Waals surface area contributed by atoms with Crippen LogP contribution < -0.4 is 5.73 Å². The highest BCUT2D eigenvalue weighted by atomic mass is 14.9.